The maximum atomic E-state index is 11.8. The first-order valence-electron chi connectivity index (χ1n) is 7.37. The van der Waals surface area contributed by atoms with Gasteiger partial charge in [-0.3, -0.25) is 14.4 Å². The summed E-state index contributed by atoms with van der Waals surface area (Å²) in [6.45, 7) is 1.10. The average Bonchev–Trinajstić information content (AvgIpc) is 3.06. The summed E-state index contributed by atoms with van der Waals surface area (Å²) in [5, 5.41) is 9.18. The van der Waals surface area contributed by atoms with Gasteiger partial charge in [0.25, 0.3) is 5.91 Å². The van der Waals surface area contributed by atoms with Gasteiger partial charge >= 0.3 is 5.97 Å². The predicted octanol–water partition coefficient (Wildman–Crippen LogP) is 2.82. The molecule has 1 aromatic heterocycles. The summed E-state index contributed by atoms with van der Waals surface area (Å²) in [4.78, 5) is 34.3. The number of carbonyl (C=O) groups excluding carboxylic acids is 3. The van der Waals surface area contributed by atoms with E-state index in [2.05, 4.69) is 10.6 Å². The number of benzene rings is 1. The third-order valence-electron chi connectivity index (χ3n) is 3.05. The van der Waals surface area contributed by atoms with E-state index in [1.165, 1.54) is 6.92 Å². The highest BCUT2D eigenvalue weighted by atomic mass is 32.1. The highest BCUT2D eigenvalue weighted by molar-refractivity contribution is 7.07. The summed E-state index contributed by atoms with van der Waals surface area (Å²) < 4.78 is 4.95. The number of ether oxygens (including phenoxy) is 1. The van der Waals surface area contributed by atoms with Crippen LogP contribution in [0.3, 0.4) is 0 Å². The van der Waals surface area contributed by atoms with E-state index in [1.54, 1.807) is 35.6 Å². The summed E-state index contributed by atoms with van der Waals surface area (Å²) in [5.41, 5.74) is 2.28. The van der Waals surface area contributed by atoms with Crippen molar-refractivity contribution in [2.75, 3.05) is 17.2 Å². The van der Waals surface area contributed by atoms with Crippen molar-refractivity contribution in [1.29, 1.82) is 0 Å². The monoisotopic (exact) mass is 346 g/mol. The Kier molecular flexibility index (Phi) is 6.51. The molecule has 2 amide bonds. The molecule has 1 aromatic carbocycles. The lowest BCUT2D eigenvalue weighted by atomic mass is 10.2. The van der Waals surface area contributed by atoms with Crippen molar-refractivity contribution in [3.8, 4) is 0 Å². The Bertz CT molecular complexity index is 696. The van der Waals surface area contributed by atoms with Gasteiger partial charge in [0.05, 0.1) is 0 Å². The van der Waals surface area contributed by atoms with E-state index in [-0.39, 0.29) is 18.9 Å². The molecule has 2 rings (SSSR count). The third-order valence-corrected chi connectivity index (χ3v) is 3.78. The number of carbonyl (C=O) groups is 3. The zero-order valence-corrected chi connectivity index (χ0v) is 14.0. The van der Waals surface area contributed by atoms with Gasteiger partial charge in [0, 0.05) is 24.7 Å². The van der Waals surface area contributed by atoms with Gasteiger partial charge in [0.2, 0.25) is 5.91 Å². The van der Waals surface area contributed by atoms with Crippen molar-refractivity contribution in [3.63, 3.8) is 0 Å². The number of hydrogen-bond donors (Lipinski definition) is 2. The molecule has 0 saturated heterocycles. The van der Waals surface area contributed by atoms with Crippen LogP contribution in [-0.2, 0) is 25.5 Å². The normalized spacial score (nSPS) is 10.0. The lowest BCUT2D eigenvalue weighted by Crippen LogP contribution is -2.21. The molecule has 6 nitrogen and oxygen atoms in total. The van der Waals surface area contributed by atoms with E-state index in [9.17, 15) is 14.4 Å². The number of anilines is 2. The van der Waals surface area contributed by atoms with E-state index in [0.717, 1.165) is 5.56 Å². The molecular weight excluding hydrogens is 328 g/mol. The van der Waals surface area contributed by atoms with Crippen LogP contribution in [0.1, 0.15) is 18.9 Å². The molecule has 2 aromatic rings. The van der Waals surface area contributed by atoms with Crippen LogP contribution in [0.25, 0.3) is 0 Å². The number of rotatable bonds is 7. The molecule has 0 saturated carbocycles. The molecule has 0 aliphatic heterocycles. The molecule has 0 unspecified atom stereocenters. The van der Waals surface area contributed by atoms with Gasteiger partial charge in [-0.05, 0) is 53.1 Å². The second-order valence-corrected chi connectivity index (χ2v) is 5.88. The zero-order chi connectivity index (χ0) is 17.4. The van der Waals surface area contributed by atoms with E-state index in [4.69, 9.17) is 4.74 Å². The minimum Gasteiger partial charge on any atom is -0.456 e. The minimum absolute atomic E-state index is 0.166. The first kappa shape index (κ1) is 17.7. The Morgan fingerprint density at radius 1 is 1.04 bits per heavy atom. The molecule has 0 radical (unpaired) electrons. The molecule has 0 aliphatic rings. The Hall–Kier alpha value is -2.67. The number of nitrogens with one attached hydrogen (secondary N) is 2. The van der Waals surface area contributed by atoms with Crippen LogP contribution in [0.2, 0.25) is 0 Å². The molecule has 24 heavy (non-hydrogen) atoms. The van der Waals surface area contributed by atoms with Crippen molar-refractivity contribution < 1.29 is 19.1 Å². The summed E-state index contributed by atoms with van der Waals surface area (Å²) in [5.74, 6) is -0.982. The highest BCUT2D eigenvalue weighted by Crippen LogP contribution is 2.13. The van der Waals surface area contributed by atoms with E-state index < -0.39 is 11.9 Å². The van der Waals surface area contributed by atoms with Crippen LogP contribution >= 0.6 is 11.3 Å². The third kappa shape index (κ3) is 6.21. The van der Waals surface area contributed by atoms with Gasteiger partial charge < -0.3 is 15.4 Å². The van der Waals surface area contributed by atoms with Crippen LogP contribution < -0.4 is 10.6 Å². The zero-order valence-electron chi connectivity index (χ0n) is 13.2. The molecule has 0 bridgehead atoms. The second-order valence-electron chi connectivity index (χ2n) is 5.10. The van der Waals surface area contributed by atoms with Gasteiger partial charge in [-0.25, -0.2) is 0 Å². The number of amides is 2. The van der Waals surface area contributed by atoms with Gasteiger partial charge in [0.15, 0.2) is 6.61 Å². The first-order chi connectivity index (χ1) is 11.5. The van der Waals surface area contributed by atoms with Gasteiger partial charge in [-0.1, -0.05) is 0 Å². The van der Waals surface area contributed by atoms with Crippen molar-refractivity contribution in [1.82, 2.24) is 0 Å². The van der Waals surface area contributed by atoms with Crippen molar-refractivity contribution in [3.05, 3.63) is 46.7 Å². The Morgan fingerprint density at radius 2 is 1.71 bits per heavy atom. The van der Waals surface area contributed by atoms with E-state index in [1.807, 2.05) is 16.8 Å². The van der Waals surface area contributed by atoms with Gasteiger partial charge in [0.1, 0.15) is 0 Å². The summed E-state index contributed by atoms with van der Waals surface area (Å²) >= 11 is 1.58. The van der Waals surface area contributed by atoms with E-state index in [0.29, 0.717) is 17.8 Å². The predicted molar refractivity (Wildman–Crippen MR) is 93.0 cm³/mol. The molecule has 0 fully saturated rings. The van der Waals surface area contributed by atoms with Gasteiger partial charge in [-0.15, -0.1) is 0 Å². The fourth-order valence-corrected chi connectivity index (χ4v) is 2.64. The molecule has 7 heteroatoms. The van der Waals surface area contributed by atoms with E-state index >= 15 is 0 Å². The number of hydrogen-bond acceptors (Lipinski definition) is 5. The molecule has 1 heterocycles. The largest absolute Gasteiger partial charge is 0.456 e. The minimum atomic E-state index is -0.411. The van der Waals surface area contributed by atoms with Crippen molar-refractivity contribution in [2.45, 2.75) is 19.8 Å². The maximum absolute atomic E-state index is 11.8. The van der Waals surface area contributed by atoms with Crippen LogP contribution in [0.15, 0.2) is 41.1 Å². The quantitative estimate of drug-likeness (QED) is 0.755. The lowest BCUT2D eigenvalue weighted by molar-refractivity contribution is -0.147. The van der Waals surface area contributed by atoms with Crippen molar-refractivity contribution >= 4 is 40.5 Å². The summed E-state index contributed by atoms with van der Waals surface area (Å²) in [7, 11) is 0. The number of thiophene rings is 1. The van der Waals surface area contributed by atoms with Crippen LogP contribution in [-0.4, -0.2) is 24.4 Å². The van der Waals surface area contributed by atoms with Crippen LogP contribution in [0.4, 0.5) is 11.4 Å². The smallest absolute Gasteiger partial charge is 0.306 e. The lowest BCUT2D eigenvalue weighted by Gasteiger charge is -2.07. The number of aryl methyl sites for hydroxylation is 1. The highest BCUT2D eigenvalue weighted by Gasteiger charge is 2.08. The molecule has 0 aliphatic carbocycles. The standard InChI is InChI=1S/C17H18N2O4S/c1-12(20)18-14-3-5-15(6-4-14)19-16(21)10-23-17(22)7-2-13-8-9-24-11-13/h3-6,8-9,11H,2,7,10H2,1H3,(H,18,20)(H,19,21). The SMILES string of the molecule is CC(=O)Nc1ccc(NC(=O)COC(=O)CCc2ccsc2)cc1. The number of esters is 1. The fourth-order valence-electron chi connectivity index (χ4n) is 1.94. The molecule has 0 spiro atoms. The Labute approximate surface area is 143 Å². The van der Waals surface area contributed by atoms with Gasteiger partial charge in [-0.2, -0.15) is 11.3 Å². The molecular formula is C17H18N2O4S. The maximum Gasteiger partial charge on any atom is 0.306 e. The van der Waals surface area contributed by atoms with Crippen molar-refractivity contribution in [2.24, 2.45) is 0 Å². The molecule has 126 valence electrons. The summed E-state index contributed by atoms with van der Waals surface area (Å²) in [6.07, 6.45) is 0.851. The summed E-state index contributed by atoms with van der Waals surface area (Å²) in [6, 6.07) is 8.60. The second kappa shape index (κ2) is 8.83. The topological polar surface area (TPSA) is 84.5 Å². The Balaban J connectivity index is 1.70. The molecule has 2 N–H and O–H groups in total. The first-order valence-corrected chi connectivity index (χ1v) is 8.31. The molecule has 0 atom stereocenters. The van der Waals surface area contributed by atoms with Crippen LogP contribution in [0, 0.1) is 0 Å². The van der Waals surface area contributed by atoms with Crippen LogP contribution in [0.5, 0.6) is 0 Å². The average molecular weight is 346 g/mol. The fraction of sp³-hybridized carbons (Fsp3) is 0.235. The Morgan fingerprint density at radius 3 is 2.29 bits per heavy atom.